The van der Waals surface area contributed by atoms with Crippen molar-refractivity contribution >= 4 is 40.3 Å². The van der Waals surface area contributed by atoms with Crippen LogP contribution in [0.4, 0.5) is 0 Å². The minimum absolute atomic E-state index is 0.0954. The summed E-state index contributed by atoms with van der Waals surface area (Å²) in [7, 11) is 0. The van der Waals surface area contributed by atoms with Crippen molar-refractivity contribution in [3.05, 3.63) is 48.8 Å². The van der Waals surface area contributed by atoms with Gasteiger partial charge in [0.05, 0.1) is 11.1 Å². The van der Waals surface area contributed by atoms with E-state index >= 15 is 0 Å². The van der Waals surface area contributed by atoms with Crippen LogP contribution >= 0.6 is 23.6 Å². The molecule has 1 unspecified atom stereocenters. The second-order valence-electron chi connectivity index (χ2n) is 8.04. The molecule has 7 nitrogen and oxygen atoms in total. The third kappa shape index (κ3) is 2.27. The van der Waals surface area contributed by atoms with Crippen molar-refractivity contribution in [3.63, 3.8) is 0 Å². The molecule has 6 rings (SSSR count). The van der Waals surface area contributed by atoms with Crippen LogP contribution in [0.5, 0.6) is 11.5 Å². The Morgan fingerprint density at radius 2 is 2.00 bits per heavy atom. The molecule has 0 fully saturated rings. The summed E-state index contributed by atoms with van der Waals surface area (Å²) in [5.74, 6) is 0.890. The van der Waals surface area contributed by atoms with Gasteiger partial charge in [0.25, 0.3) is 5.56 Å². The quantitative estimate of drug-likeness (QED) is 0.568. The van der Waals surface area contributed by atoms with Crippen LogP contribution in [-0.4, -0.2) is 22.1 Å². The van der Waals surface area contributed by atoms with Crippen molar-refractivity contribution < 1.29 is 19.1 Å². The van der Waals surface area contributed by atoms with E-state index in [0.717, 1.165) is 35.2 Å². The summed E-state index contributed by atoms with van der Waals surface area (Å²) < 4.78 is 14.7. The van der Waals surface area contributed by atoms with Crippen molar-refractivity contribution in [1.29, 1.82) is 0 Å². The number of carbonyl (C=O) groups is 1. The van der Waals surface area contributed by atoms with Crippen LogP contribution in [0.1, 0.15) is 36.2 Å². The number of aryl methyl sites for hydroxylation is 2. The molecule has 0 saturated heterocycles. The zero-order chi connectivity index (χ0) is 20.6. The number of nitrogens with zero attached hydrogens (tertiary/aromatic N) is 2. The molecule has 0 radical (unpaired) electrons. The normalized spacial score (nSPS) is 21.1. The van der Waals surface area contributed by atoms with Crippen molar-refractivity contribution in [2.24, 2.45) is 0 Å². The van der Waals surface area contributed by atoms with Gasteiger partial charge < -0.3 is 18.9 Å². The molecule has 0 amide bonds. The molecule has 154 valence electrons. The van der Waals surface area contributed by atoms with Crippen molar-refractivity contribution in [2.75, 3.05) is 6.79 Å². The van der Waals surface area contributed by atoms with Crippen LogP contribution in [0.3, 0.4) is 0 Å². The van der Waals surface area contributed by atoms with Crippen LogP contribution in [0.2, 0.25) is 0 Å². The lowest BCUT2D eigenvalue weighted by Gasteiger charge is -2.33. The summed E-state index contributed by atoms with van der Waals surface area (Å²) in [5, 5.41) is 3.32. The number of aromatic nitrogens is 2. The predicted octanol–water partition coefficient (Wildman–Crippen LogP) is 3.26. The molecule has 3 aliphatic rings. The number of hydrogen-bond donors (Lipinski definition) is 0. The molecular formula is C21H18N2O5S2. The largest absolute Gasteiger partial charge is 0.454 e. The number of carbonyl (C=O) groups excluding carboxylic acids is 1. The lowest BCUT2D eigenvalue weighted by Crippen LogP contribution is -2.44. The molecule has 3 aromatic rings. The van der Waals surface area contributed by atoms with Gasteiger partial charge in [-0.05, 0) is 67.9 Å². The molecule has 1 aromatic carbocycles. The van der Waals surface area contributed by atoms with E-state index < -0.39 is 5.41 Å². The van der Waals surface area contributed by atoms with E-state index in [2.05, 4.69) is 0 Å². The van der Waals surface area contributed by atoms with E-state index in [9.17, 15) is 9.59 Å². The van der Waals surface area contributed by atoms with Gasteiger partial charge in [-0.2, -0.15) is 4.73 Å². The second-order valence-corrected chi connectivity index (χ2v) is 9.54. The first kappa shape index (κ1) is 18.1. The van der Waals surface area contributed by atoms with Gasteiger partial charge in [0, 0.05) is 17.6 Å². The van der Waals surface area contributed by atoms with Crippen molar-refractivity contribution in [3.8, 4) is 11.5 Å². The molecule has 0 bridgehead atoms. The van der Waals surface area contributed by atoms with Crippen LogP contribution in [0, 0.1) is 10.9 Å². The second kappa shape index (κ2) is 6.18. The van der Waals surface area contributed by atoms with Gasteiger partial charge in [0.1, 0.15) is 5.41 Å². The smallest absolute Gasteiger partial charge is 0.344 e. The van der Waals surface area contributed by atoms with Crippen LogP contribution < -0.4 is 19.9 Å². The highest BCUT2D eigenvalue weighted by Crippen LogP contribution is 2.47. The first-order valence-corrected chi connectivity index (χ1v) is 11.2. The summed E-state index contributed by atoms with van der Waals surface area (Å²) in [6.45, 7) is 2.50. The highest BCUT2D eigenvalue weighted by atomic mass is 32.1. The van der Waals surface area contributed by atoms with Crippen LogP contribution in [0.25, 0.3) is 10.8 Å². The summed E-state index contributed by atoms with van der Waals surface area (Å²) in [6.07, 6.45) is 2.86. The lowest BCUT2D eigenvalue weighted by atomic mass is 9.72. The van der Waals surface area contributed by atoms with Crippen LogP contribution in [0.15, 0.2) is 22.3 Å². The van der Waals surface area contributed by atoms with Crippen molar-refractivity contribution in [2.45, 2.75) is 44.6 Å². The zero-order valence-corrected chi connectivity index (χ0v) is 17.9. The summed E-state index contributed by atoms with van der Waals surface area (Å²) >= 11 is 6.67. The number of rotatable bonds is 2. The first-order chi connectivity index (χ1) is 14.5. The highest BCUT2D eigenvalue weighted by molar-refractivity contribution is 7.73. The number of thiazole rings is 1. The first-order valence-electron chi connectivity index (χ1n) is 9.89. The van der Waals surface area contributed by atoms with E-state index in [1.165, 1.54) is 16.1 Å². The highest BCUT2D eigenvalue weighted by Gasteiger charge is 2.51. The fourth-order valence-corrected chi connectivity index (χ4v) is 6.08. The van der Waals surface area contributed by atoms with E-state index in [4.69, 9.17) is 26.5 Å². The van der Waals surface area contributed by atoms with E-state index in [0.29, 0.717) is 40.2 Å². The maximum Gasteiger partial charge on any atom is 0.344 e. The molecule has 9 heteroatoms. The number of fused-ring (bicyclic) bond motifs is 3. The molecule has 0 saturated carbocycles. The van der Waals surface area contributed by atoms with E-state index in [-0.39, 0.29) is 18.3 Å². The summed E-state index contributed by atoms with van der Waals surface area (Å²) in [5.41, 5.74) is 1.69. The standard InChI is InChI=1S/C21H18N2O5S2/c1-11-9-30-20(29)23(11)28-19(25)21-4-2-3-12-13-7-15-16(27-10-26-15)8-14(13)18(24)22(6-5-21)17(12)21/h7-9H,2-6,10H2,1H3. The number of pyridine rings is 1. The number of benzene rings is 1. The molecule has 1 aliphatic carbocycles. The van der Waals surface area contributed by atoms with Gasteiger partial charge in [-0.15, -0.1) is 11.3 Å². The van der Waals surface area contributed by atoms with Gasteiger partial charge in [-0.1, -0.05) is 0 Å². The van der Waals surface area contributed by atoms with Crippen LogP contribution in [-0.2, 0) is 23.2 Å². The minimum Gasteiger partial charge on any atom is -0.454 e. The van der Waals surface area contributed by atoms with Crippen molar-refractivity contribution in [1.82, 2.24) is 9.30 Å². The summed E-state index contributed by atoms with van der Waals surface area (Å²) in [6, 6.07) is 3.65. The molecule has 30 heavy (non-hydrogen) atoms. The molecule has 2 aromatic heterocycles. The third-order valence-corrected chi connectivity index (χ3v) is 7.78. The Balaban J connectivity index is 1.56. The van der Waals surface area contributed by atoms with Gasteiger partial charge in [-0.25, -0.2) is 4.79 Å². The third-order valence-electron chi connectivity index (χ3n) is 6.50. The molecular weight excluding hydrogens is 424 g/mol. The minimum atomic E-state index is -0.833. The number of hydrogen-bond acceptors (Lipinski definition) is 7. The fourth-order valence-electron chi connectivity index (χ4n) is 5.11. The van der Waals surface area contributed by atoms with Gasteiger partial charge in [0.15, 0.2) is 15.5 Å². The fraction of sp³-hybridized carbons (Fsp3) is 0.381. The van der Waals surface area contributed by atoms with Gasteiger partial charge >= 0.3 is 5.97 Å². The Bertz CT molecular complexity index is 1370. The Labute approximate surface area is 180 Å². The van der Waals surface area contributed by atoms with Gasteiger partial charge in [-0.3, -0.25) is 4.79 Å². The maximum absolute atomic E-state index is 13.5. The predicted molar refractivity (Wildman–Crippen MR) is 113 cm³/mol. The Morgan fingerprint density at radius 3 is 2.73 bits per heavy atom. The zero-order valence-electron chi connectivity index (χ0n) is 16.2. The Hall–Kier alpha value is -2.65. The monoisotopic (exact) mass is 442 g/mol. The molecule has 0 N–H and O–H groups in total. The molecule has 1 atom stereocenters. The van der Waals surface area contributed by atoms with E-state index in [1.54, 1.807) is 10.6 Å². The SMILES string of the molecule is Cc1csc(=S)n1OC(=O)C12CCCc3c1n(c(=O)c1cc4c(cc31)OCO4)CC2. The maximum atomic E-state index is 13.5. The topological polar surface area (TPSA) is 71.7 Å². The summed E-state index contributed by atoms with van der Waals surface area (Å²) in [4.78, 5) is 32.6. The average Bonchev–Trinajstić information content (AvgIpc) is 3.45. The Kier molecular flexibility index (Phi) is 3.74. The molecule has 0 spiro atoms. The Morgan fingerprint density at radius 1 is 1.23 bits per heavy atom. The molecule has 4 heterocycles. The average molecular weight is 443 g/mol. The van der Waals surface area contributed by atoms with E-state index in [1.807, 2.05) is 18.4 Å². The number of ether oxygens (including phenoxy) is 2. The lowest BCUT2D eigenvalue weighted by molar-refractivity contribution is -0.152. The van der Waals surface area contributed by atoms with Gasteiger partial charge in [0.2, 0.25) is 6.79 Å². The molecule has 2 aliphatic heterocycles.